The number of hydrogen-bond acceptors (Lipinski definition) is 4. The number of fused-ring (bicyclic) bond motifs is 2. The van der Waals surface area contributed by atoms with E-state index in [-0.39, 0.29) is 24.8 Å². The van der Waals surface area contributed by atoms with Gasteiger partial charge in [0.25, 0.3) is 5.91 Å². The smallest absolute Gasteiger partial charge is 0.304 e. The predicted octanol–water partition coefficient (Wildman–Crippen LogP) is 3.10. The van der Waals surface area contributed by atoms with Crippen LogP contribution in [0.3, 0.4) is 0 Å². The summed E-state index contributed by atoms with van der Waals surface area (Å²) in [4.78, 5) is 41.5. The van der Waals surface area contributed by atoms with Gasteiger partial charge in [-0.05, 0) is 49.3 Å². The van der Waals surface area contributed by atoms with Gasteiger partial charge in [-0.2, -0.15) is 0 Å². The Balaban J connectivity index is 1.84. The van der Waals surface area contributed by atoms with Crippen LogP contribution in [-0.4, -0.2) is 60.5 Å². The molecule has 0 radical (unpaired) electrons. The Labute approximate surface area is 189 Å². The van der Waals surface area contributed by atoms with Crippen LogP contribution in [0.15, 0.2) is 48.5 Å². The van der Waals surface area contributed by atoms with E-state index in [2.05, 4.69) is 24.1 Å². The van der Waals surface area contributed by atoms with Crippen molar-refractivity contribution in [3.63, 3.8) is 0 Å². The minimum Gasteiger partial charge on any atom is -0.481 e. The van der Waals surface area contributed by atoms with Crippen LogP contribution in [0.2, 0.25) is 0 Å². The van der Waals surface area contributed by atoms with Gasteiger partial charge in [0.1, 0.15) is 6.54 Å². The summed E-state index contributed by atoms with van der Waals surface area (Å²) in [6.07, 6.45) is 0.703. The van der Waals surface area contributed by atoms with Crippen LogP contribution in [-0.2, 0) is 9.59 Å². The molecule has 0 bridgehead atoms. The van der Waals surface area contributed by atoms with Crippen molar-refractivity contribution >= 4 is 23.5 Å². The minimum atomic E-state index is -0.938. The molecule has 1 heterocycles. The number of carbonyl (C=O) groups is 3. The highest BCUT2D eigenvalue weighted by molar-refractivity contribution is 6.11. The molecule has 1 unspecified atom stereocenters. The fraction of sp³-hybridized carbons (Fsp3) is 0.400. The number of amides is 2. The lowest BCUT2D eigenvalue weighted by molar-refractivity contribution is -0.137. The first-order valence-electron chi connectivity index (χ1n) is 11.2. The highest BCUT2D eigenvalue weighted by Crippen LogP contribution is 2.40. The Kier molecular flexibility index (Phi) is 8.00. The molecular formula is C25H31N3O4. The van der Waals surface area contributed by atoms with E-state index in [0.717, 1.165) is 31.6 Å². The Hall–Kier alpha value is -3.19. The van der Waals surface area contributed by atoms with Gasteiger partial charge >= 0.3 is 5.97 Å². The van der Waals surface area contributed by atoms with E-state index < -0.39 is 11.9 Å². The largest absolute Gasteiger partial charge is 0.481 e. The molecule has 0 fully saturated rings. The van der Waals surface area contributed by atoms with Crippen LogP contribution in [0, 0.1) is 0 Å². The molecule has 2 aromatic rings. The summed E-state index contributed by atoms with van der Waals surface area (Å²) in [5.74, 6) is -1.93. The van der Waals surface area contributed by atoms with Crippen LogP contribution in [0.1, 0.15) is 54.1 Å². The maximum atomic E-state index is 13.5. The molecule has 7 nitrogen and oxygen atoms in total. The Morgan fingerprint density at radius 1 is 1.03 bits per heavy atom. The Bertz CT molecular complexity index is 971. The van der Waals surface area contributed by atoms with Gasteiger partial charge in [-0.3, -0.25) is 19.3 Å². The second-order valence-electron chi connectivity index (χ2n) is 7.92. The standard InChI is InChI=1S/C25H31N3O4/c1-3-27(4-2)15-9-14-26-23(29)17-28-22-13-8-7-11-19(22)21(16-24(30)31)18-10-5-6-12-20(18)25(28)32/h5-8,10-13,21H,3-4,9,14-17H2,1-2H3,(H,26,29)(H,30,31). The van der Waals surface area contributed by atoms with Crippen molar-refractivity contribution in [2.45, 2.75) is 32.6 Å². The molecule has 7 heteroatoms. The van der Waals surface area contributed by atoms with Gasteiger partial charge in [-0.15, -0.1) is 0 Å². The molecule has 0 saturated heterocycles. The molecule has 32 heavy (non-hydrogen) atoms. The maximum absolute atomic E-state index is 13.5. The number of anilines is 1. The Morgan fingerprint density at radius 2 is 1.69 bits per heavy atom. The van der Waals surface area contributed by atoms with Crippen molar-refractivity contribution in [2.75, 3.05) is 37.6 Å². The molecular weight excluding hydrogens is 406 g/mol. The van der Waals surface area contributed by atoms with Gasteiger partial charge in [0, 0.05) is 23.7 Å². The van der Waals surface area contributed by atoms with Gasteiger partial charge in [0.2, 0.25) is 5.91 Å². The molecule has 0 aliphatic carbocycles. The summed E-state index contributed by atoms with van der Waals surface area (Å²) < 4.78 is 0. The predicted molar refractivity (Wildman–Crippen MR) is 124 cm³/mol. The number of nitrogens with one attached hydrogen (secondary N) is 1. The molecule has 0 saturated carbocycles. The average Bonchev–Trinajstić information content (AvgIpc) is 2.89. The van der Waals surface area contributed by atoms with E-state index in [4.69, 9.17) is 0 Å². The normalized spacial score (nSPS) is 15.2. The van der Waals surface area contributed by atoms with E-state index in [9.17, 15) is 19.5 Å². The number of para-hydroxylation sites is 1. The molecule has 2 amide bonds. The fourth-order valence-electron chi connectivity index (χ4n) is 4.27. The lowest BCUT2D eigenvalue weighted by Crippen LogP contribution is -2.41. The third-order valence-corrected chi connectivity index (χ3v) is 5.96. The lowest BCUT2D eigenvalue weighted by Gasteiger charge is -2.24. The molecule has 170 valence electrons. The highest BCUT2D eigenvalue weighted by atomic mass is 16.4. The summed E-state index contributed by atoms with van der Waals surface area (Å²) in [6.45, 7) is 7.50. The zero-order chi connectivity index (χ0) is 23.1. The van der Waals surface area contributed by atoms with E-state index >= 15 is 0 Å². The second-order valence-corrected chi connectivity index (χ2v) is 7.92. The van der Waals surface area contributed by atoms with Crippen LogP contribution in [0.25, 0.3) is 0 Å². The lowest BCUT2D eigenvalue weighted by atomic mass is 9.86. The van der Waals surface area contributed by atoms with Gasteiger partial charge < -0.3 is 15.3 Å². The number of rotatable bonds is 10. The average molecular weight is 438 g/mol. The third kappa shape index (κ3) is 5.34. The first kappa shape index (κ1) is 23.5. The van der Waals surface area contributed by atoms with Crippen molar-refractivity contribution < 1.29 is 19.5 Å². The van der Waals surface area contributed by atoms with Crippen LogP contribution >= 0.6 is 0 Å². The summed E-state index contributed by atoms with van der Waals surface area (Å²) in [5.41, 5.74) is 2.43. The number of carboxylic acid groups (broad SMARTS) is 1. The monoisotopic (exact) mass is 437 g/mol. The van der Waals surface area contributed by atoms with E-state index in [1.807, 2.05) is 18.2 Å². The molecule has 0 aromatic heterocycles. The summed E-state index contributed by atoms with van der Waals surface area (Å²) in [7, 11) is 0. The fourth-order valence-corrected chi connectivity index (χ4v) is 4.27. The van der Waals surface area contributed by atoms with E-state index in [1.54, 1.807) is 30.3 Å². The molecule has 2 aromatic carbocycles. The first-order chi connectivity index (χ1) is 15.5. The molecule has 1 aliphatic heterocycles. The number of aliphatic carboxylic acids is 1. The van der Waals surface area contributed by atoms with Crippen molar-refractivity contribution in [3.8, 4) is 0 Å². The van der Waals surface area contributed by atoms with Crippen molar-refractivity contribution in [1.82, 2.24) is 10.2 Å². The molecule has 1 aliphatic rings. The zero-order valence-electron chi connectivity index (χ0n) is 18.7. The SMILES string of the molecule is CCN(CC)CCCNC(=O)CN1C(=O)c2ccccc2C(CC(=O)O)c2ccccc21. The maximum Gasteiger partial charge on any atom is 0.304 e. The van der Waals surface area contributed by atoms with Gasteiger partial charge in [-0.25, -0.2) is 0 Å². The topological polar surface area (TPSA) is 90.0 Å². The summed E-state index contributed by atoms with van der Waals surface area (Å²) in [6, 6.07) is 14.3. The number of benzene rings is 2. The minimum absolute atomic E-state index is 0.116. The number of carbonyl (C=O) groups excluding carboxylic acids is 2. The number of carboxylic acids is 1. The highest BCUT2D eigenvalue weighted by Gasteiger charge is 2.34. The quantitative estimate of drug-likeness (QED) is 0.558. The van der Waals surface area contributed by atoms with E-state index in [1.165, 1.54) is 4.90 Å². The van der Waals surface area contributed by atoms with Crippen LogP contribution in [0.4, 0.5) is 5.69 Å². The zero-order valence-corrected chi connectivity index (χ0v) is 18.7. The van der Waals surface area contributed by atoms with E-state index in [0.29, 0.717) is 23.4 Å². The molecule has 0 spiro atoms. The van der Waals surface area contributed by atoms with Crippen LogP contribution in [0.5, 0.6) is 0 Å². The van der Waals surface area contributed by atoms with Crippen LogP contribution < -0.4 is 10.2 Å². The molecule has 2 N–H and O–H groups in total. The molecule has 3 rings (SSSR count). The van der Waals surface area contributed by atoms with Gasteiger partial charge in [-0.1, -0.05) is 50.2 Å². The van der Waals surface area contributed by atoms with Gasteiger partial charge in [0.05, 0.1) is 6.42 Å². The molecule has 1 atom stereocenters. The van der Waals surface area contributed by atoms with Crippen molar-refractivity contribution in [1.29, 1.82) is 0 Å². The second kappa shape index (κ2) is 10.9. The first-order valence-corrected chi connectivity index (χ1v) is 11.2. The number of nitrogens with zero attached hydrogens (tertiary/aromatic N) is 2. The third-order valence-electron chi connectivity index (χ3n) is 5.96. The van der Waals surface area contributed by atoms with Gasteiger partial charge in [0.15, 0.2) is 0 Å². The summed E-state index contributed by atoms with van der Waals surface area (Å²) in [5, 5.41) is 12.4. The number of hydrogen-bond donors (Lipinski definition) is 2. The van der Waals surface area contributed by atoms with Crippen molar-refractivity contribution in [2.24, 2.45) is 0 Å². The Morgan fingerprint density at radius 3 is 2.38 bits per heavy atom. The summed E-state index contributed by atoms with van der Waals surface area (Å²) >= 11 is 0. The van der Waals surface area contributed by atoms with Crippen molar-refractivity contribution in [3.05, 3.63) is 65.2 Å².